The van der Waals surface area contributed by atoms with E-state index in [9.17, 15) is 4.79 Å². The van der Waals surface area contributed by atoms with Gasteiger partial charge in [-0.25, -0.2) is 0 Å². The molecule has 1 aromatic carbocycles. The first-order chi connectivity index (χ1) is 11.6. The first-order valence-corrected chi connectivity index (χ1v) is 11.0. The lowest BCUT2D eigenvalue weighted by atomic mass is 9.89. The van der Waals surface area contributed by atoms with Crippen molar-refractivity contribution in [3.05, 3.63) is 28.1 Å². The van der Waals surface area contributed by atoms with Crippen molar-refractivity contribution in [1.29, 1.82) is 0 Å². The van der Waals surface area contributed by atoms with Crippen LogP contribution >= 0.6 is 23.1 Å². The average molecular weight is 363 g/mol. The zero-order valence-electron chi connectivity index (χ0n) is 14.8. The predicted molar refractivity (Wildman–Crippen MR) is 105 cm³/mol. The van der Waals surface area contributed by atoms with Crippen molar-refractivity contribution in [2.24, 2.45) is 10.9 Å². The highest BCUT2D eigenvalue weighted by Crippen LogP contribution is 2.26. The van der Waals surface area contributed by atoms with E-state index >= 15 is 0 Å². The second-order valence-corrected chi connectivity index (χ2v) is 8.71. The molecule has 1 aromatic heterocycles. The normalized spacial score (nSPS) is 16.9. The van der Waals surface area contributed by atoms with Gasteiger partial charge in [-0.05, 0) is 50.1 Å². The molecule has 24 heavy (non-hydrogen) atoms. The van der Waals surface area contributed by atoms with E-state index in [0.717, 1.165) is 29.9 Å². The number of hydrogen-bond acceptors (Lipinski definition) is 3. The Labute approximate surface area is 152 Å². The molecule has 0 N–H and O–H groups in total. The highest BCUT2D eigenvalue weighted by Gasteiger charge is 2.21. The quantitative estimate of drug-likeness (QED) is 0.791. The number of benzene rings is 1. The van der Waals surface area contributed by atoms with Gasteiger partial charge in [0, 0.05) is 18.2 Å². The molecule has 0 spiro atoms. The van der Waals surface area contributed by atoms with Gasteiger partial charge in [0.15, 0.2) is 4.80 Å². The van der Waals surface area contributed by atoms with E-state index in [1.165, 1.54) is 40.6 Å². The lowest BCUT2D eigenvalue weighted by Crippen LogP contribution is -2.22. The molecule has 1 heterocycles. The molecule has 0 atom stereocenters. The van der Waals surface area contributed by atoms with Crippen LogP contribution in [0.2, 0.25) is 0 Å². The van der Waals surface area contributed by atoms with Gasteiger partial charge in [-0.15, -0.1) is 0 Å². The lowest BCUT2D eigenvalue weighted by molar-refractivity contribution is -0.122. The van der Waals surface area contributed by atoms with Crippen LogP contribution in [0.5, 0.6) is 0 Å². The SMILES string of the molecule is CSCCn1c(=NC(=O)C2CCCCC2)sc2c(C)cc(C)cc21. The zero-order valence-corrected chi connectivity index (χ0v) is 16.4. The number of fused-ring (bicyclic) bond motifs is 1. The van der Waals surface area contributed by atoms with E-state index in [0.29, 0.717) is 0 Å². The second kappa shape index (κ2) is 7.87. The van der Waals surface area contributed by atoms with Gasteiger partial charge in [0.05, 0.1) is 10.2 Å². The van der Waals surface area contributed by atoms with Crippen LogP contribution in [0.15, 0.2) is 17.1 Å². The summed E-state index contributed by atoms with van der Waals surface area (Å²) in [6, 6.07) is 4.44. The molecular formula is C19H26N2OS2. The molecule has 130 valence electrons. The van der Waals surface area contributed by atoms with Crippen molar-refractivity contribution in [2.45, 2.75) is 52.5 Å². The van der Waals surface area contributed by atoms with E-state index < -0.39 is 0 Å². The van der Waals surface area contributed by atoms with Gasteiger partial charge >= 0.3 is 0 Å². The average Bonchev–Trinajstić information content (AvgIpc) is 2.91. The van der Waals surface area contributed by atoms with E-state index in [1.807, 2.05) is 11.8 Å². The maximum atomic E-state index is 12.6. The topological polar surface area (TPSA) is 34.4 Å². The van der Waals surface area contributed by atoms with Crippen molar-refractivity contribution in [1.82, 2.24) is 4.57 Å². The summed E-state index contributed by atoms with van der Waals surface area (Å²) in [4.78, 5) is 18.1. The predicted octanol–water partition coefficient (Wildman–Crippen LogP) is 4.69. The van der Waals surface area contributed by atoms with Crippen molar-refractivity contribution < 1.29 is 4.79 Å². The summed E-state index contributed by atoms with van der Waals surface area (Å²) in [6.45, 7) is 5.19. The largest absolute Gasteiger partial charge is 0.315 e. The summed E-state index contributed by atoms with van der Waals surface area (Å²) in [5.41, 5.74) is 3.77. The smallest absolute Gasteiger partial charge is 0.251 e. The van der Waals surface area contributed by atoms with Crippen LogP contribution < -0.4 is 4.80 Å². The Balaban J connectivity index is 2.06. The minimum Gasteiger partial charge on any atom is -0.315 e. The van der Waals surface area contributed by atoms with Crippen LogP contribution in [0.25, 0.3) is 10.2 Å². The van der Waals surface area contributed by atoms with Crippen molar-refractivity contribution in [3.8, 4) is 0 Å². The molecule has 1 aliphatic carbocycles. The van der Waals surface area contributed by atoms with Crippen LogP contribution in [0, 0.1) is 19.8 Å². The minimum atomic E-state index is 0.0912. The number of nitrogens with zero attached hydrogens (tertiary/aromatic N) is 2. The Hall–Kier alpha value is -1.07. The van der Waals surface area contributed by atoms with Gasteiger partial charge in [-0.3, -0.25) is 4.79 Å². The number of hydrogen-bond donors (Lipinski definition) is 0. The third-order valence-corrected chi connectivity index (χ3v) is 6.61. The molecule has 0 bridgehead atoms. The molecule has 0 aliphatic heterocycles. The standard InChI is InChI=1S/C19H26N2OS2/c1-13-11-14(2)17-16(12-13)21(9-10-23-3)19(24-17)20-18(22)15-7-5-4-6-8-15/h11-12,15H,4-10H2,1-3H3. The van der Waals surface area contributed by atoms with Crippen LogP contribution in [0.1, 0.15) is 43.2 Å². The molecule has 0 saturated heterocycles. The van der Waals surface area contributed by atoms with Gasteiger partial charge in [0.2, 0.25) is 0 Å². The summed E-state index contributed by atoms with van der Waals surface area (Å²) in [6.07, 6.45) is 7.74. The van der Waals surface area contributed by atoms with Gasteiger partial charge < -0.3 is 4.57 Å². The first-order valence-electron chi connectivity index (χ1n) is 8.78. The molecule has 3 rings (SSSR count). The highest BCUT2D eigenvalue weighted by molar-refractivity contribution is 7.98. The number of carbonyl (C=O) groups is 1. The van der Waals surface area contributed by atoms with Crippen molar-refractivity contribution in [2.75, 3.05) is 12.0 Å². The molecule has 1 amide bonds. The lowest BCUT2D eigenvalue weighted by Gasteiger charge is -2.17. The van der Waals surface area contributed by atoms with Crippen LogP contribution in [-0.2, 0) is 11.3 Å². The Kier molecular flexibility index (Phi) is 5.82. The Morgan fingerprint density at radius 3 is 2.75 bits per heavy atom. The fraction of sp³-hybridized carbons (Fsp3) is 0.579. The van der Waals surface area contributed by atoms with Gasteiger partial charge in [-0.2, -0.15) is 16.8 Å². The Morgan fingerprint density at radius 1 is 1.29 bits per heavy atom. The van der Waals surface area contributed by atoms with Crippen LogP contribution in [0.3, 0.4) is 0 Å². The van der Waals surface area contributed by atoms with Crippen LogP contribution in [-0.4, -0.2) is 22.5 Å². The molecule has 5 heteroatoms. The molecular weight excluding hydrogens is 336 g/mol. The molecule has 2 aromatic rings. The first kappa shape index (κ1) is 17.7. The zero-order chi connectivity index (χ0) is 17.1. The van der Waals surface area contributed by atoms with Crippen LogP contribution in [0.4, 0.5) is 0 Å². The summed E-state index contributed by atoms with van der Waals surface area (Å²) < 4.78 is 3.51. The fourth-order valence-electron chi connectivity index (χ4n) is 3.53. The number of thiazole rings is 1. The molecule has 3 nitrogen and oxygen atoms in total. The monoisotopic (exact) mass is 362 g/mol. The van der Waals surface area contributed by atoms with E-state index in [4.69, 9.17) is 0 Å². The van der Waals surface area contributed by atoms with Crippen molar-refractivity contribution in [3.63, 3.8) is 0 Å². The fourth-order valence-corrected chi connectivity index (χ4v) is 5.01. The molecule has 0 unspecified atom stereocenters. The van der Waals surface area contributed by atoms with Crippen molar-refractivity contribution >= 4 is 39.2 Å². The highest BCUT2D eigenvalue weighted by atomic mass is 32.2. The molecule has 0 radical (unpaired) electrons. The third-order valence-electron chi connectivity index (χ3n) is 4.79. The third kappa shape index (κ3) is 3.77. The maximum absolute atomic E-state index is 12.6. The Morgan fingerprint density at radius 2 is 2.04 bits per heavy atom. The minimum absolute atomic E-state index is 0.0912. The second-order valence-electron chi connectivity index (χ2n) is 6.74. The molecule has 1 aliphatic rings. The number of amides is 1. The summed E-state index contributed by atoms with van der Waals surface area (Å²) in [7, 11) is 0. The van der Waals surface area contributed by atoms with E-state index in [1.54, 1.807) is 11.3 Å². The number of aryl methyl sites for hydroxylation is 3. The summed E-state index contributed by atoms with van der Waals surface area (Å²) >= 11 is 3.50. The molecule has 1 fully saturated rings. The van der Waals surface area contributed by atoms with Gasteiger partial charge in [-0.1, -0.05) is 36.7 Å². The number of thioether (sulfide) groups is 1. The number of carbonyl (C=O) groups excluding carboxylic acids is 1. The summed E-state index contributed by atoms with van der Waals surface area (Å²) in [5.74, 6) is 1.26. The van der Waals surface area contributed by atoms with E-state index in [2.05, 4.69) is 41.8 Å². The molecule has 1 saturated carbocycles. The Bertz CT molecular complexity index is 798. The number of aromatic nitrogens is 1. The summed E-state index contributed by atoms with van der Waals surface area (Å²) in [5, 5.41) is 0. The maximum Gasteiger partial charge on any atom is 0.251 e. The van der Waals surface area contributed by atoms with E-state index in [-0.39, 0.29) is 11.8 Å². The van der Waals surface area contributed by atoms with Gasteiger partial charge in [0.1, 0.15) is 0 Å². The van der Waals surface area contributed by atoms with Gasteiger partial charge in [0.25, 0.3) is 5.91 Å². The number of rotatable bonds is 4.